The van der Waals surface area contributed by atoms with E-state index in [0.717, 1.165) is 17.0 Å². The molecule has 182 valence electrons. The highest BCUT2D eigenvalue weighted by molar-refractivity contribution is 5.97. The summed E-state index contributed by atoms with van der Waals surface area (Å²) in [4.78, 5) is 33.4. The summed E-state index contributed by atoms with van der Waals surface area (Å²) in [5.41, 5.74) is 3.46. The molecule has 35 heavy (non-hydrogen) atoms. The first-order valence-corrected chi connectivity index (χ1v) is 11.1. The van der Waals surface area contributed by atoms with Crippen LogP contribution in [-0.4, -0.2) is 69.0 Å². The van der Waals surface area contributed by atoms with Crippen molar-refractivity contribution in [1.82, 2.24) is 24.4 Å². The number of nitrogens with zero attached hydrogens (tertiary/aromatic N) is 6. The zero-order chi connectivity index (χ0) is 25.1. The van der Waals surface area contributed by atoms with E-state index >= 15 is 0 Å². The van der Waals surface area contributed by atoms with Gasteiger partial charge in [-0.15, -0.1) is 0 Å². The lowest BCUT2D eigenvalue weighted by molar-refractivity contribution is -0.132. The van der Waals surface area contributed by atoms with Gasteiger partial charge in [0.2, 0.25) is 5.91 Å². The Morgan fingerprint density at radius 1 is 1.14 bits per heavy atom. The zero-order valence-electron chi connectivity index (χ0n) is 19.4. The molecule has 0 bridgehead atoms. The Labute approximate surface area is 200 Å². The Balaban J connectivity index is 1.37. The first-order valence-electron chi connectivity index (χ1n) is 11.1. The molecule has 1 aliphatic rings. The van der Waals surface area contributed by atoms with Gasteiger partial charge in [-0.05, 0) is 38.0 Å². The van der Waals surface area contributed by atoms with Crippen molar-refractivity contribution in [1.29, 1.82) is 5.26 Å². The van der Waals surface area contributed by atoms with Crippen molar-refractivity contribution >= 4 is 17.5 Å². The summed E-state index contributed by atoms with van der Waals surface area (Å²) in [7, 11) is 0. The van der Waals surface area contributed by atoms with Crippen molar-refractivity contribution in [2.24, 2.45) is 0 Å². The van der Waals surface area contributed by atoms with Crippen molar-refractivity contribution in [2.45, 2.75) is 33.3 Å². The second-order valence-corrected chi connectivity index (χ2v) is 8.21. The number of fused-ring (bicyclic) bond motifs is 1. The van der Waals surface area contributed by atoms with Crippen LogP contribution in [0.2, 0.25) is 0 Å². The fraction of sp³-hybridized carbons (Fsp3) is 0.375. The van der Waals surface area contributed by atoms with Crippen LogP contribution in [0.4, 0.5) is 8.78 Å². The van der Waals surface area contributed by atoms with Gasteiger partial charge in [-0.25, -0.2) is 9.50 Å². The maximum absolute atomic E-state index is 12.9. The number of amides is 2. The zero-order valence-corrected chi connectivity index (χ0v) is 19.4. The van der Waals surface area contributed by atoms with Gasteiger partial charge in [0.15, 0.2) is 5.65 Å². The van der Waals surface area contributed by atoms with Gasteiger partial charge in [0.25, 0.3) is 5.91 Å². The van der Waals surface area contributed by atoms with Crippen LogP contribution in [0.1, 0.15) is 39.3 Å². The highest BCUT2D eigenvalue weighted by Crippen LogP contribution is 2.23. The number of para-hydroxylation sites is 1. The van der Waals surface area contributed by atoms with E-state index in [2.05, 4.69) is 20.9 Å². The Hall–Kier alpha value is -4.07. The van der Waals surface area contributed by atoms with E-state index in [1.54, 1.807) is 15.5 Å². The number of hydrogen-bond acceptors (Lipinski definition) is 6. The molecule has 0 unspecified atom stereocenters. The predicted octanol–water partition coefficient (Wildman–Crippen LogP) is 2.74. The second kappa shape index (κ2) is 10.0. The van der Waals surface area contributed by atoms with Crippen LogP contribution >= 0.6 is 0 Å². The summed E-state index contributed by atoms with van der Waals surface area (Å²) in [6.45, 7) is 2.00. The predicted molar refractivity (Wildman–Crippen MR) is 121 cm³/mol. The van der Waals surface area contributed by atoms with Crippen molar-refractivity contribution in [3.63, 3.8) is 0 Å². The number of aryl methyl sites for hydroxylation is 2. The fourth-order valence-corrected chi connectivity index (χ4v) is 4.31. The average Bonchev–Trinajstić information content (AvgIpc) is 3.26. The molecule has 1 aromatic carbocycles. The Morgan fingerprint density at radius 2 is 1.83 bits per heavy atom. The number of aromatic nitrogens is 3. The number of carbonyl (C=O) groups excluding carboxylic acids is 2. The molecule has 0 saturated carbocycles. The number of hydrogen-bond donors (Lipinski definition) is 0. The van der Waals surface area contributed by atoms with Gasteiger partial charge in [-0.3, -0.25) is 9.59 Å². The molecule has 0 radical (unpaired) electrons. The molecule has 0 spiro atoms. The van der Waals surface area contributed by atoms with E-state index < -0.39 is 12.5 Å². The van der Waals surface area contributed by atoms with Gasteiger partial charge >= 0.3 is 6.61 Å². The van der Waals surface area contributed by atoms with Crippen LogP contribution in [-0.2, 0) is 11.2 Å². The number of benzene rings is 1. The van der Waals surface area contributed by atoms with E-state index in [-0.39, 0.29) is 23.6 Å². The Morgan fingerprint density at radius 3 is 2.51 bits per heavy atom. The lowest BCUT2D eigenvalue weighted by Crippen LogP contribution is -2.50. The average molecular weight is 482 g/mol. The molecule has 1 saturated heterocycles. The molecule has 0 atom stereocenters. The molecule has 11 heteroatoms. The number of ether oxygens (including phenoxy) is 1. The van der Waals surface area contributed by atoms with Gasteiger partial charge in [0.1, 0.15) is 17.4 Å². The smallest absolute Gasteiger partial charge is 0.387 e. The normalized spacial score (nSPS) is 13.8. The maximum atomic E-state index is 12.9. The summed E-state index contributed by atoms with van der Waals surface area (Å²) < 4.78 is 31.4. The first-order chi connectivity index (χ1) is 16.8. The number of carbonyl (C=O) groups is 2. The molecule has 0 aliphatic carbocycles. The summed E-state index contributed by atoms with van der Waals surface area (Å²) in [6, 6.07) is 7.97. The lowest BCUT2D eigenvalue weighted by atomic mass is 10.1. The Kier molecular flexibility index (Phi) is 6.91. The van der Waals surface area contributed by atoms with Crippen molar-refractivity contribution in [2.75, 3.05) is 26.2 Å². The van der Waals surface area contributed by atoms with E-state index in [1.807, 2.05) is 13.8 Å². The van der Waals surface area contributed by atoms with Gasteiger partial charge in [-0.2, -0.15) is 19.1 Å². The summed E-state index contributed by atoms with van der Waals surface area (Å²) in [5.74, 6) is -0.619. The minimum absolute atomic E-state index is 0.0457. The minimum atomic E-state index is -3.02. The largest absolute Gasteiger partial charge is 0.434 e. The molecule has 3 heterocycles. The van der Waals surface area contributed by atoms with Crippen LogP contribution in [0.5, 0.6) is 5.75 Å². The third kappa shape index (κ3) is 4.91. The molecule has 1 fully saturated rings. The lowest BCUT2D eigenvalue weighted by Gasteiger charge is -2.35. The van der Waals surface area contributed by atoms with E-state index in [4.69, 9.17) is 0 Å². The van der Waals surface area contributed by atoms with E-state index in [1.165, 1.54) is 29.3 Å². The minimum Gasteiger partial charge on any atom is -0.434 e. The van der Waals surface area contributed by atoms with Crippen molar-refractivity contribution in [3.05, 3.63) is 58.5 Å². The van der Waals surface area contributed by atoms with Crippen molar-refractivity contribution < 1.29 is 23.1 Å². The van der Waals surface area contributed by atoms with Crippen LogP contribution in [0.25, 0.3) is 5.65 Å². The molecule has 3 aromatic rings. The monoisotopic (exact) mass is 482 g/mol. The molecule has 2 aromatic heterocycles. The molecule has 4 rings (SSSR count). The molecular weight excluding hydrogens is 458 g/mol. The van der Waals surface area contributed by atoms with Crippen LogP contribution in [0.3, 0.4) is 0 Å². The summed E-state index contributed by atoms with van der Waals surface area (Å²) >= 11 is 0. The highest BCUT2D eigenvalue weighted by atomic mass is 19.3. The molecule has 0 N–H and O–H groups in total. The van der Waals surface area contributed by atoms with Crippen LogP contribution in [0.15, 0.2) is 30.5 Å². The van der Waals surface area contributed by atoms with Gasteiger partial charge < -0.3 is 14.5 Å². The SMILES string of the molecule is Cc1nc2c(C#N)cnn2c(C)c1CCC(=O)N1CCN(C(=O)c2ccccc2OC(F)F)CC1. The third-order valence-electron chi connectivity index (χ3n) is 6.17. The molecular formula is C24H24F2N6O3. The van der Waals surface area contributed by atoms with Gasteiger partial charge in [-0.1, -0.05) is 12.1 Å². The maximum Gasteiger partial charge on any atom is 0.387 e. The van der Waals surface area contributed by atoms with E-state index in [9.17, 15) is 23.6 Å². The van der Waals surface area contributed by atoms with Crippen LogP contribution in [0, 0.1) is 25.2 Å². The second-order valence-electron chi connectivity index (χ2n) is 8.21. The number of rotatable bonds is 6. The van der Waals surface area contributed by atoms with Crippen LogP contribution < -0.4 is 4.74 Å². The Bertz CT molecular complexity index is 1310. The van der Waals surface area contributed by atoms with E-state index in [0.29, 0.717) is 43.8 Å². The molecule has 2 amide bonds. The van der Waals surface area contributed by atoms with Crippen molar-refractivity contribution in [3.8, 4) is 11.8 Å². The molecule has 9 nitrogen and oxygen atoms in total. The summed E-state index contributed by atoms with van der Waals surface area (Å²) in [6.07, 6.45) is 2.21. The summed E-state index contributed by atoms with van der Waals surface area (Å²) in [5, 5.41) is 13.4. The molecule has 1 aliphatic heterocycles. The number of alkyl halides is 2. The number of halogens is 2. The van der Waals surface area contributed by atoms with Gasteiger partial charge in [0.05, 0.1) is 11.8 Å². The number of piperazine rings is 1. The quantitative estimate of drug-likeness (QED) is 0.535. The fourth-order valence-electron chi connectivity index (χ4n) is 4.31. The first kappa shape index (κ1) is 24.1. The van der Waals surface area contributed by atoms with Gasteiger partial charge in [0, 0.05) is 44.0 Å². The topological polar surface area (TPSA) is 104 Å². The number of nitriles is 1. The third-order valence-corrected chi connectivity index (χ3v) is 6.17. The standard InChI is InChI=1S/C24H24F2N6O3/c1-15-18(16(2)32-22(29-15)17(13-27)14-28-32)7-8-21(33)30-9-11-31(12-10-30)23(34)19-5-3-4-6-20(19)35-24(25)26/h3-6,14,24H,7-12H2,1-2H3. The highest BCUT2D eigenvalue weighted by Gasteiger charge is 2.27.